The van der Waals surface area contributed by atoms with Crippen LogP contribution in [0, 0.1) is 13.8 Å². The number of hydrogen-bond donors (Lipinski definition) is 0. The van der Waals surface area contributed by atoms with Crippen molar-refractivity contribution in [3.8, 4) is 22.8 Å². The topological polar surface area (TPSA) is 78.9 Å². The van der Waals surface area contributed by atoms with Gasteiger partial charge < -0.3 is 9.26 Å². The minimum absolute atomic E-state index is 0.0674. The monoisotopic (exact) mass is 421 g/mol. The number of ether oxygens (including phenoxy) is 1. The molecule has 0 spiro atoms. The molecule has 0 saturated heterocycles. The lowest BCUT2D eigenvalue weighted by Gasteiger charge is -2.13. The Hall–Kier alpha value is -3.13. The molecule has 8 heteroatoms. The molecular weight excluding hydrogens is 398 g/mol. The Morgan fingerprint density at radius 3 is 2.57 bits per heavy atom. The zero-order chi connectivity index (χ0) is 21.1. The van der Waals surface area contributed by atoms with Gasteiger partial charge in [0, 0.05) is 11.3 Å². The Balaban J connectivity index is 1.76. The lowest BCUT2D eigenvalue weighted by molar-refractivity contribution is 0.340. The second-order valence-electron chi connectivity index (χ2n) is 6.88. The maximum Gasteiger partial charge on any atom is 0.239 e. The maximum absolute atomic E-state index is 5.59. The highest BCUT2D eigenvalue weighted by Gasteiger charge is 2.22. The summed E-state index contributed by atoms with van der Waals surface area (Å²) in [4.78, 5) is 4.35. The fourth-order valence-corrected chi connectivity index (χ4v) is 3.99. The molecule has 1 unspecified atom stereocenters. The fraction of sp³-hybridized carbons (Fsp3) is 0.273. The molecule has 0 aliphatic carbocycles. The van der Waals surface area contributed by atoms with Gasteiger partial charge in [0.25, 0.3) is 0 Å². The van der Waals surface area contributed by atoms with E-state index >= 15 is 0 Å². The fourth-order valence-electron chi connectivity index (χ4n) is 3.10. The summed E-state index contributed by atoms with van der Waals surface area (Å²) in [7, 11) is 0. The summed E-state index contributed by atoms with van der Waals surface area (Å²) in [6, 6.07) is 16.2. The third kappa shape index (κ3) is 4.23. The summed E-state index contributed by atoms with van der Waals surface area (Å²) in [5, 5.41) is 13.6. The third-order valence-corrected chi connectivity index (χ3v) is 5.52. The molecule has 0 bridgehead atoms. The Morgan fingerprint density at radius 2 is 1.90 bits per heavy atom. The van der Waals surface area contributed by atoms with E-state index in [1.165, 1.54) is 11.8 Å². The van der Waals surface area contributed by atoms with Crippen molar-refractivity contribution in [1.29, 1.82) is 0 Å². The number of rotatable bonds is 7. The summed E-state index contributed by atoms with van der Waals surface area (Å²) in [6.07, 6.45) is 0. The first-order valence-corrected chi connectivity index (χ1v) is 10.7. The van der Waals surface area contributed by atoms with E-state index < -0.39 is 0 Å². The molecular formula is C22H23N5O2S. The minimum Gasteiger partial charge on any atom is -0.494 e. The first-order chi connectivity index (χ1) is 14.5. The molecule has 4 aromatic rings. The first kappa shape index (κ1) is 20.2. The van der Waals surface area contributed by atoms with Crippen LogP contribution in [-0.2, 0) is 0 Å². The van der Waals surface area contributed by atoms with Crippen molar-refractivity contribution in [3.63, 3.8) is 0 Å². The lowest BCUT2D eigenvalue weighted by Crippen LogP contribution is -2.01. The zero-order valence-corrected chi connectivity index (χ0v) is 18.2. The van der Waals surface area contributed by atoms with Crippen molar-refractivity contribution < 1.29 is 9.26 Å². The highest BCUT2D eigenvalue weighted by Crippen LogP contribution is 2.36. The van der Waals surface area contributed by atoms with Crippen LogP contribution in [-0.4, -0.2) is 31.5 Å². The van der Waals surface area contributed by atoms with E-state index in [1.807, 2.05) is 57.2 Å². The van der Waals surface area contributed by atoms with Crippen molar-refractivity contribution in [2.24, 2.45) is 0 Å². The predicted octanol–water partition coefficient (Wildman–Crippen LogP) is 5.19. The third-order valence-electron chi connectivity index (χ3n) is 4.49. The minimum atomic E-state index is -0.0674. The van der Waals surface area contributed by atoms with Gasteiger partial charge in [-0.3, -0.25) is 4.57 Å². The lowest BCUT2D eigenvalue weighted by atomic mass is 10.1. The number of nitrogens with zero attached hydrogens (tertiary/aromatic N) is 5. The molecule has 0 aliphatic heterocycles. The van der Waals surface area contributed by atoms with Gasteiger partial charge >= 0.3 is 0 Å². The molecule has 0 N–H and O–H groups in total. The normalized spacial score (nSPS) is 12.1. The van der Waals surface area contributed by atoms with Crippen LogP contribution < -0.4 is 4.74 Å². The smallest absolute Gasteiger partial charge is 0.239 e. The van der Waals surface area contributed by atoms with E-state index in [4.69, 9.17) is 9.26 Å². The van der Waals surface area contributed by atoms with Gasteiger partial charge in [-0.05, 0) is 58.0 Å². The van der Waals surface area contributed by atoms with Gasteiger partial charge in [-0.15, -0.1) is 10.2 Å². The molecule has 2 aromatic heterocycles. The van der Waals surface area contributed by atoms with Crippen LogP contribution >= 0.6 is 11.8 Å². The molecule has 30 heavy (non-hydrogen) atoms. The van der Waals surface area contributed by atoms with E-state index in [-0.39, 0.29) is 5.25 Å². The highest BCUT2D eigenvalue weighted by molar-refractivity contribution is 7.99. The number of hydrogen-bond acceptors (Lipinski definition) is 7. The van der Waals surface area contributed by atoms with Crippen LogP contribution in [0.1, 0.15) is 36.4 Å². The van der Waals surface area contributed by atoms with Gasteiger partial charge in [-0.25, -0.2) is 0 Å². The molecule has 1 atom stereocenters. The van der Waals surface area contributed by atoms with Gasteiger partial charge in [0.2, 0.25) is 5.89 Å². The quantitative estimate of drug-likeness (QED) is 0.380. The Kier molecular flexibility index (Phi) is 5.85. The number of benzene rings is 2. The zero-order valence-electron chi connectivity index (χ0n) is 17.4. The standard InChI is InChI=1S/C22H23N5O2S/c1-5-28-19-11-9-18(10-12-19)27-20(17-8-6-7-14(2)13-17)24-25-22(27)30-15(3)21-23-16(4)26-29-21/h6-13,15H,5H2,1-4H3. The van der Waals surface area contributed by atoms with E-state index in [0.29, 0.717) is 18.3 Å². The molecule has 0 amide bonds. The van der Waals surface area contributed by atoms with Gasteiger partial charge in [0.05, 0.1) is 11.9 Å². The van der Waals surface area contributed by atoms with Crippen molar-refractivity contribution in [2.45, 2.75) is 38.1 Å². The van der Waals surface area contributed by atoms with Gasteiger partial charge in [-0.2, -0.15) is 4.98 Å². The molecule has 0 radical (unpaired) electrons. The van der Waals surface area contributed by atoms with E-state index in [1.54, 1.807) is 0 Å². The Morgan fingerprint density at radius 1 is 1.10 bits per heavy atom. The number of thioether (sulfide) groups is 1. The second-order valence-corrected chi connectivity index (χ2v) is 8.19. The van der Waals surface area contributed by atoms with Gasteiger partial charge in [0.1, 0.15) is 5.75 Å². The van der Waals surface area contributed by atoms with E-state index in [9.17, 15) is 0 Å². The molecule has 7 nitrogen and oxygen atoms in total. The predicted molar refractivity (Wildman–Crippen MR) is 116 cm³/mol. The highest BCUT2D eigenvalue weighted by atomic mass is 32.2. The van der Waals surface area contributed by atoms with E-state index in [2.05, 4.69) is 44.0 Å². The molecule has 0 aliphatic rings. The van der Waals surface area contributed by atoms with Crippen LogP contribution in [0.25, 0.3) is 17.1 Å². The SMILES string of the molecule is CCOc1ccc(-n2c(SC(C)c3nc(C)no3)nnc2-c2cccc(C)c2)cc1. The van der Waals surface area contributed by atoms with Crippen LogP contribution in [0.2, 0.25) is 0 Å². The molecule has 2 aromatic carbocycles. The van der Waals surface area contributed by atoms with Gasteiger partial charge in [-0.1, -0.05) is 40.7 Å². The Labute approximate surface area is 179 Å². The first-order valence-electron chi connectivity index (χ1n) is 9.77. The van der Waals surface area contributed by atoms with Crippen molar-refractivity contribution in [1.82, 2.24) is 24.9 Å². The molecule has 2 heterocycles. The second kappa shape index (κ2) is 8.71. The average Bonchev–Trinajstić information content (AvgIpc) is 3.35. The molecule has 0 saturated carbocycles. The van der Waals surface area contributed by atoms with Crippen molar-refractivity contribution in [3.05, 3.63) is 65.8 Å². The Bertz CT molecular complexity index is 1140. The number of aromatic nitrogens is 5. The van der Waals surface area contributed by atoms with Crippen molar-refractivity contribution >= 4 is 11.8 Å². The number of aryl methyl sites for hydroxylation is 2. The summed E-state index contributed by atoms with van der Waals surface area (Å²) < 4.78 is 13.0. The summed E-state index contributed by atoms with van der Waals surface area (Å²) in [5.41, 5.74) is 3.12. The summed E-state index contributed by atoms with van der Waals surface area (Å²) >= 11 is 1.53. The molecule has 4 rings (SSSR count). The van der Waals surface area contributed by atoms with Crippen LogP contribution in [0.15, 0.2) is 58.2 Å². The maximum atomic E-state index is 5.59. The van der Waals surface area contributed by atoms with E-state index in [0.717, 1.165) is 33.5 Å². The van der Waals surface area contributed by atoms with Gasteiger partial charge in [0.15, 0.2) is 16.8 Å². The summed E-state index contributed by atoms with van der Waals surface area (Å²) in [5.74, 6) is 2.79. The largest absolute Gasteiger partial charge is 0.494 e. The van der Waals surface area contributed by atoms with Crippen molar-refractivity contribution in [2.75, 3.05) is 6.61 Å². The molecule has 0 fully saturated rings. The van der Waals surface area contributed by atoms with Crippen LogP contribution in [0.4, 0.5) is 0 Å². The van der Waals surface area contributed by atoms with Crippen LogP contribution in [0.3, 0.4) is 0 Å². The van der Waals surface area contributed by atoms with Crippen LogP contribution in [0.5, 0.6) is 5.75 Å². The summed E-state index contributed by atoms with van der Waals surface area (Å²) in [6.45, 7) is 8.49. The average molecular weight is 422 g/mol. The molecule has 154 valence electrons.